The highest BCUT2D eigenvalue weighted by Crippen LogP contribution is 2.23. The molecule has 0 amide bonds. The summed E-state index contributed by atoms with van der Waals surface area (Å²) in [6, 6.07) is 8.76. The Labute approximate surface area is 116 Å². The molecule has 0 bridgehead atoms. The molecule has 0 radical (unpaired) electrons. The van der Waals surface area contributed by atoms with Crippen molar-refractivity contribution in [2.24, 2.45) is 12.5 Å². The molecule has 2 aromatic rings. The van der Waals surface area contributed by atoms with Crippen LogP contribution in [0.15, 0.2) is 24.3 Å². The smallest absolute Gasteiger partial charge is 0.111 e. The molecule has 0 aliphatic carbocycles. The van der Waals surface area contributed by atoms with Crippen molar-refractivity contribution in [3.8, 4) is 0 Å². The van der Waals surface area contributed by atoms with E-state index < -0.39 is 0 Å². The van der Waals surface area contributed by atoms with E-state index >= 15 is 0 Å². The second-order valence-electron chi connectivity index (χ2n) is 6.26. The van der Waals surface area contributed by atoms with Crippen LogP contribution < -0.4 is 5.32 Å². The third-order valence-corrected chi connectivity index (χ3v) is 3.76. The molecule has 0 spiro atoms. The number of nitrogens with one attached hydrogen (secondary N) is 1. The van der Waals surface area contributed by atoms with E-state index in [2.05, 4.69) is 62.8 Å². The molecule has 0 saturated heterocycles. The van der Waals surface area contributed by atoms with Crippen LogP contribution in [0.25, 0.3) is 11.0 Å². The van der Waals surface area contributed by atoms with E-state index in [1.165, 1.54) is 5.52 Å². The Morgan fingerprint density at radius 2 is 1.95 bits per heavy atom. The lowest BCUT2D eigenvalue weighted by atomic mass is 9.84. The van der Waals surface area contributed by atoms with Crippen molar-refractivity contribution in [2.75, 3.05) is 6.54 Å². The molecule has 0 fully saturated rings. The predicted molar refractivity (Wildman–Crippen MR) is 81.3 cm³/mol. The number of benzene rings is 1. The first kappa shape index (κ1) is 14.1. The average Bonchev–Trinajstić information content (AvgIpc) is 2.65. The molecule has 1 heterocycles. The molecule has 1 N–H and O–H groups in total. The quantitative estimate of drug-likeness (QED) is 0.914. The zero-order valence-electron chi connectivity index (χ0n) is 12.7. The topological polar surface area (TPSA) is 29.9 Å². The third-order valence-electron chi connectivity index (χ3n) is 3.76. The minimum Gasteiger partial charge on any atom is -0.331 e. The number of hydrogen-bond donors (Lipinski definition) is 1. The van der Waals surface area contributed by atoms with Gasteiger partial charge in [0.05, 0.1) is 11.0 Å². The van der Waals surface area contributed by atoms with E-state index in [1.54, 1.807) is 0 Å². The molecule has 1 aromatic heterocycles. The summed E-state index contributed by atoms with van der Waals surface area (Å²) in [5.74, 6) is 1.15. The Hall–Kier alpha value is -1.35. The SMILES string of the molecule is CCNC(Cc1nc2ccccc2n1C)C(C)(C)C. The molecule has 3 heteroatoms. The average molecular weight is 259 g/mol. The number of fused-ring (bicyclic) bond motifs is 1. The second-order valence-corrected chi connectivity index (χ2v) is 6.26. The molecule has 0 aliphatic heterocycles. The first-order valence-electron chi connectivity index (χ1n) is 7.07. The number of likely N-dealkylation sites (N-methyl/N-ethyl adjacent to an activating group) is 1. The molecule has 104 valence electrons. The van der Waals surface area contributed by atoms with Crippen molar-refractivity contribution in [3.05, 3.63) is 30.1 Å². The van der Waals surface area contributed by atoms with Gasteiger partial charge in [0, 0.05) is 19.5 Å². The molecule has 3 nitrogen and oxygen atoms in total. The Kier molecular flexibility index (Phi) is 3.95. The first-order chi connectivity index (χ1) is 8.93. The van der Waals surface area contributed by atoms with Gasteiger partial charge in [0.1, 0.15) is 5.82 Å². The fourth-order valence-electron chi connectivity index (χ4n) is 2.49. The van der Waals surface area contributed by atoms with Gasteiger partial charge in [0.2, 0.25) is 0 Å². The van der Waals surface area contributed by atoms with Gasteiger partial charge in [0.15, 0.2) is 0 Å². The first-order valence-corrected chi connectivity index (χ1v) is 7.07. The van der Waals surface area contributed by atoms with Crippen molar-refractivity contribution in [1.82, 2.24) is 14.9 Å². The Morgan fingerprint density at radius 1 is 1.26 bits per heavy atom. The molecule has 0 aliphatic rings. The van der Waals surface area contributed by atoms with Crippen LogP contribution in [0, 0.1) is 5.41 Å². The minimum atomic E-state index is 0.230. The van der Waals surface area contributed by atoms with Crippen molar-refractivity contribution < 1.29 is 0 Å². The number of aromatic nitrogens is 2. The van der Waals surface area contributed by atoms with Gasteiger partial charge in [0.25, 0.3) is 0 Å². The lowest BCUT2D eigenvalue weighted by molar-refractivity contribution is 0.266. The van der Waals surface area contributed by atoms with Crippen molar-refractivity contribution in [2.45, 2.75) is 40.2 Å². The van der Waals surface area contributed by atoms with Gasteiger partial charge >= 0.3 is 0 Å². The maximum absolute atomic E-state index is 4.77. The number of hydrogen-bond acceptors (Lipinski definition) is 2. The van der Waals surface area contributed by atoms with Crippen LogP contribution in [0.4, 0.5) is 0 Å². The summed E-state index contributed by atoms with van der Waals surface area (Å²) in [6.07, 6.45) is 0.961. The van der Waals surface area contributed by atoms with Gasteiger partial charge in [-0.1, -0.05) is 39.8 Å². The van der Waals surface area contributed by atoms with E-state index in [1.807, 2.05) is 6.07 Å². The lowest BCUT2D eigenvalue weighted by Gasteiger charge is -2.31. The molecule has 1 aromatic carbocycles. The largest absolute Gasteiger partial charge is 0.331 e. The Bertz CT molecular complexity index is 549. The fraction of sp³-hybridized carbons (Fsp3) is 0.562. The summed E-state index contributed by atoms with van der Waals surface area (Å²) in [5, 5.41) is 3.59. The molecule has 1 unspecified atom stereocenters. The minimum absolute atomic E-state index is 0.230. The van der Waals surface area contributed by atoms with Crippen molar-refractivity contribution in [1.29, 1.82) is 0 Å². The van der Waals surface area contributed by atoms with Crippen molar-refractivity contribution in [3.63, 3.8) is 0 Å². The van der Waals surface area contributed by atoms with Crippen LogP contribution in [0.5, 0.6) is 0 Å². The summed E-state index contributed by atoms with van der Waals surface area (Å²) in [7, 11) is 2.11. The summed E-state index contributed by atoms with van der Waals surface area (Å²) in [5.41, 5.74) is 2.53. The van der Waals surface area contributed by atoms with E-state index in [9.17, 15) is 0 Å². The van der Waals surface area contributed by atoms with E-state index in [-0.39, 0.29) is 5.41 Å². The van der Waals surface area contributed by atoms with Gasteiger partial charge in [-0.25, -0.2) is 4.98 Å². The molecule has 2 rings (SSSR count). The highest BCUT2D eigenvalue weighted by atomic mass is 15.1. The van der Waals surface area contributed by atoms with Gasteiger partial charge < -0.3 is 9.88 Å². The van der Waals surface area contributed by atoms with Crippen LogP contribution in [0.1, 0.15) is 33.5 Å². The highest BCUT2D eigenvalue weighted by molar-refractivity contribution is 5.75. The molecule has 0 saturated carbocycles. The highest BCUT2D eigenvalue weighted by Gasteiger charge is 2.25. The van der Waals surface area contributed by atoms with Crippen molar-refractivity contribution >= 4 is 11.0 Å². The summed E-state index contributed by atoms with van der Waals surface area (Å²) in [4.78, 5) is 4.77. The maximum atomic E-state index is 4.77. The Balaban J connectivity index is 2.31. The van der Waals surface area contributed by atoms with E-state index in [0.717, 1.165) is 24.3 Å². The second kappa shape index (κ2) is 5.33. The number of aryl methyl sites for hydroxylation is 1. The fourth-order valence-corrected chi connectivity index (χ4v) is 2.49. The third kappa shape index (κ3) is 2.98. The van der Waals surface area contributed by atoms with Crippen LogP contribution >= 0.6 is 0 Å². The number of nitrogens with zero attached hydrogens (tertiary/aromatic N) is 2. The summed E-state index contributed by atoms with van der Waals surface area (Å²) < 4.78 is 2.21. The zero-order valence-corrected chi connectivity index (χ0v) is 12.7. The standard InChI is InChI=1S/C16H25N3/c1-6-17-14(16(2,3)4)11-15-18-12-9-7-8-10-13(12)19(15)5/h7-10,14,17H,6,11H2,1-5H3. The van der Waals surface area contributed by atoms with Crippen LogP contribution in [-0.4, -0.2) is 22.1 Å². The lowest BCUT2D eigenvalue weighted by Crippen LogP contribution is -2.42. The van der Waals surface area contributed by atoms with Gasteiger partial charge in [-0.05, 0) is 24.1 Å². The molecular formula is C16H25N3. The number of imidazole rings is 1. The predicted octanol–water partition coefficient (Wildman–Crippen LogP) is 3.14. The zero-order chi connectivity index (χ0) is 14.0. The summed E-state index contributed by atoms with van der Waals surface area (Å²) in [6.45, 7) is 9.99. The van der Waals surface area contributed by atoms with Gasteiger partial charge in [-0.3, -0.25) is 0 Å². The monoisotopic (exact) mass is 259 g/mol. The van der Waals surface area contributed by atoms with Crippen LogP contribution in [0.2, 0.25) is 0 Å². The van der Waals surface area contributed by atoms with Crippen LogP contribution in [0.3, 0.4) is 0 Å². The number of para-hydroxylation sites is 2. The molecule has 19 heavy (non-hydrogen) atoms. The van der Waals surface area contributed by atoms with Gasteiger partial charge in [-0.15, -0.1) is 0 Å². The van der Waals surface area contributed by atoms with E-state index in [4.69, 9.17) is 4.98 Å². The maximum Gasteiger partial charge on any atom is 0.111 e. The van der Waals surface area contributed by atoms with Crippen LogP contribution in [-0.2, 0) is 13.5 Å². The molecular weight excluding hydrogens is 234 g/mol. The number of rotatable bonds is 4. The Morgan fingerprint density at radius 3 is 2.53 bits per heavy atom. The summed E-state index contributed by atoms with van der Waals surface area (Å²) >= 11 is 0. The normalized spacial score (nSPS) is 13.9. The van der Waals surface area contributed by atoms with Gasteiger partial charge in [-0.2, -0.15) is 0 Å². The molecule has 1 atom stereocenters. The van der Waals surface area contributed by atoms with E-state index in [0.29, 0.717) is 6.04 Å².